The van der Waals surface area contributed by atoms with Gasteiger partial charge in [0.15, 0.2) is 0 Å². The lowest BCUT2D eigenvalue weighted by molar-refractivity contribution is 0.0946. The Labute approximate surface area is 140 Å². The first-order valence-corrected chi connectivity index (χ1v) is 8.12. The van der Waals surface area contributed by atoms with E-state index in [2.05, 4.69) is 40.7 Å². The number of aromatic nitrogens is 1. The first-order chi connectivity index (χ1) is 11.8. The molecule has 1 atom stereocenters. The summed E-state index contributed by atoms with van der Waals surface area (Å²) in [6.45, 7) is 0. The normalized spacial score (nSPS) is 16.8. The van der Waals surface area contributed by atoms with Crippen molar-refractivity contribution in [1.29, 1.82) is 0 Å². The fraction of sp³-hybridized carbons (Fsp3) is 0.0952. The monoisotopic (exact) mass is 314 g/mol. The SMILES string of the molecule is O=C(NC1CC=CC=C1c1cc2ccccc2[nH]1)c1ccccc1. The van der Waals surface area contributed by atoms with E-state index < -0.39 is 0 Å². The highest BCUT2D eigenvalue weighted by atomic mass is 16.1. The molecule has 1 aromatic heterocycles. The van der Waals surface area contributed by atoms with Crippen molar-refractivity contribution in [2.45, 2.75) is 12.5 Å². The van der Waals surface area contributed by atoms with Gasteiger partial charge in [-0.1, -0.05) is 54.6 Å². The molecule has 4 rings (SSSR count). The Morgan fingerprint density at radius 1 is 1.04 bits per heavy atom. The first-order valence-electron chi connectivity index (χ1n) is 8.12. The van der Waals surface area contributed by atoms with E-state index in [0.29, 0.717) is 5.56 Å². The van der Waals surface area contributed by atoms with Crippen LogP contribution in [0.4, 0.5) is 0 Å². The van der Waals surface area contributed by atoms with Gasteiger partial charge in [0.1, 0.15) is 0 Å². The number of hydrogen-bond donors (Lipinski definition) is 2. The number of nitrogens with one attached hydrogen (secondary N) is 2. The number of hydrogen-bond acceptors (Lipinski definition) is 1. The number of amides is 1. The minimum Gasteiger partial charge on any atom is -0.355 e. The van der Waals surface area contributed by atoms with Crippen molar-refractivity contribution in [3.8, 4) is 0 Å². The molecule has 0 spiro atoms. The molecule has 1 heterocycles. The van der Waals surface area contributed by atoms with Gasteiger partial charge in [-0.25, -0.2) is 0 Å². The van der Waals surface area contributed by atoms with Gasteiger partial charge in [0, 0.05) is 16.8 Å². The van der Waals surface area contributed by atoms with Crippen molar-refractivity contribution < 1.29 is 4.79 Å². The number of allylic oxidation sites excluding steroid dienone is 2. The van der Waals surface area contributed by atoms with Gasteiger partial charge in [0.2, 0.25) is 0 Å². The molecule has 0 fully saturated rings. The number of rotatable bonds is 3. The van der Waals surface area contributed by atoms with E-state index >= 15 is 0 Å². The summed E-state index contributed by atoms with van der Waals surface area (Å²) in [7, 11) is 0. The fourth-order valence-electron chi connectivity index (χ4n) is 3.10. The second-order valence-corrected chi connectivity index (χ2v) is 5.95. The number of fused-ring (bicyclic) bond motifs is 1. The van der Waals surface area contributed by atoms with Crippen molar-refractivity contribution in [3.63, 3.8) is 0 Å². The summed E-state index contributed by atoms with van der Waals surface area (Å²) in [5, 5.41) is 4.33. The van der Waals surface area contributed by atoms with Gasteiger partial charge in [0.25, 0.3) is 5.91 Å². The molecule has 3 nitrogen and oxygen atoms in total. The number of H-pyrrole nitrogens is 1. The average Bonchev–Trinajstić information content (AvgIpc) is 3.07. The molecule has 118 valence electrons. The molecule has 0 saturated carbocycles. The number of carbonyl (C=O) groups excluding carboxylic acids is 1. The van der Waals surface area contributed by atoms with Gasteiger partial charge < -0.3 is 10.3 Å². The third-order valence-corrected chi connectivity index (χ3v) is 4.34. The van der Waals surface area contributed by atoms with Gasteiger partial charge in [0.05, 0.1) is 6.04 Å². The van der Waals surface area contributed by atoms with Crippen LogP contribution < -0.4 is 5.32 Å². The highest BCUT2D eigenvalue weighted by Crippen LogP contribution is 2.27. The van der Waals surface area contributed by atoms with E-state index in [0.717, 1.165) is 23.2 Å². The molecule has 1 unspecified atom stereocenters. The maximum atomic E-state index is 12.5. The van der Waals surface area contributed by atoms with Gasteiger partial charge in [-0.2, -0.15) is 0 Å². The summed E-state index contributed by atoms with van der Waals surface area (Å²) < 4.78 is 0. The molecule has 0 radical (unpaired) electrons. The van der Waals surface area contributed by atoms with Crippen LogP contribution in [-0.4, -0.2) is 16.9 Å². The van der Waals surface area contributed by atoms with Gasteiger partial charge in [-0.15, -0.1) is 0 Å². The Morgan fingerprint density at radius 3 is 2.67 bits per heavy atom. The molecule has 0 saturated heterocycles. The molecule has 2 aromatic carbocycles. The Balaban J connectivity index is 1.62. The van der Waals surface area contributed by atoms with Crippen molar-refractivity contribution in [2.24, 2.45) is 0 Å². The lowest BCUT2D eigenvalue weighted by Gasteiger charge is -2.22. The van der Waals surface area contributed by atoms with E-state index in [9.17, 15) is 4.79 Å². The van der Waals surface area contributed by atoms with Crippen molar-refractivity contribution in [3.05, 3.63) is 90.1 Å². The summed E-state index contributed by atoms with van der Waals surface area (Å²) >= 11 is 0. The standard InChI is InChI=1S/C21H18N2O/c24-21(15-8-2-1-3-9-15)23-19-13-7-5-11-17(19)20-14-16-10-4-6-12-18(16)22-20/h1-12,14,19,22H,13H2,(H,23,24). The zero-order chi connectivity index (χ0) is 16.4. The van der Waals surface area contributed by atoms with E-state index in [1.165, 1.54) is 5.39 Å². The smallest absolute Gasteiger partial charge is 0.251 e. The predicted octanol–water partition coefficient (Wildman–Crippen LogP) is 4.31. The molecule has 0 aliphatic heterocycles. The van der Waals surface area contributed by atoms with Crippen LogP contribution in [0.25, 0.3) is 16.5 Å². The molecule has 3 heteroatoms. The van der Waals surface area contributed by atoms with Crippen LogP contribution in [0.15, 0.2) is 78.9 Å². The fourth-order valence-corrected chi connectivity index (χ4v) is 3.10. The maximum Gasteiger partial charge on any atom is 0.251 e. The number of benzene rings is 2. The molecule has 1 amide bonds. The number of aromatic amines is 1. The van der Waals surface area contributed by atoms with E-state index in [1.807, 2.05) is 48.5 Å². The quantitative estimate of drug-likeness (QED) is 0.743. The van der Waals surface area contributed by atoms with Gasteiger partial charge in [-0.05, 0) is 41.6 Å². The van der Waals surface area contributed by atoms with Crippen LogP contribution in [-0.2, 0) is 0 Å². The van der Waals surface area contributed by atoms with Gasteiger partial charge in [-0.3, -0.25) is 4.79 Å². The molecule has 0 bridgehead atoms. The van der Waals surface area contributed by atoms with Gasteiger partial charge >= 0.3 is 0 Å². The lowest BCUT2D eigenvalue weighted by atomic mass is 9.95. The minimum atomic E-state index is -0.0436. The van der Waals surface area contributed by atoms with Crippen molar-refractivity contribution in [2.75, 3.05) is 0 Å². The second-order valence-electron chi connectivity index (χ2n) is 5.95. The predicted molar refractivity (Wildman–Crippen MR) is 97.7 cm³/mol. The molecular formula is C21H18N2O. The third-order valence-electron chi connectivity index (χ3n) is 4.34. The largest absolute Gasteiger partial charge is 0.355 e. The highest BCUT2D eigenvalue weighted by molar-refractivity contribution is 5.96. The zero-order valence-electron chi connectivity index (χ0n) is 13.2. The molecule has 1 aliphatic carbocycles. The van der Waals surface area contributed by atoms with Crippen LogP contribution in [0, 0.1) is 0 Å². The molecule has 1 aliphatic rings. The Morgan fingerprint density at radius 2 is 1.83 bits per heavy atom. The summed E-state index contributed by atoms with van der Waals surface area (Å²) in [5.41, 5.74) is 3.95. The molecular weight excluding hydrogens is 296 g/mol. The second kappa shape index (κ2) is 6.20. The van der Waals surface area contributed by atoms with Crippen LogP contribution in [0.5, 0.6) is 0 Å². The maximum absolute atomic E-state index is 12.5. The van der Waals surface area contributed by atoms with Crippen LogP contribution in [0.3, 0.4) is 0 Å². The molecule has 24 heavy (non-hydrogen) atoms. The lowest BCUT2D eigenvalue weighted by Crippen LogP contribution is -2.36. The number of para-hydroxylation sites is 1. The first kappa shape index (κ1) is 14.5. The summed E-state index contributed by atoms with van der Waals surface area (Å²) in [4.78, 5) is 15.9. The van der Waals surface area contributed by atoms with Crippen LogP contribution in [0.2, 0.25) is 0 Å². The topological polar surface area (TPSA) is 44.9 Å². The molecule has 2 N–H and O–H groups in total. The minimum absolute atomic E-state index is 0.0317. The Kier molecular flexibility index (Phi) is 3.75. The third kappa shape index (κ3) is 2.76. The van der Waals surface area contributed by atoms with Crippen LogP contribution >= 0.6 is 0 Å². The number of carbonyl (C=O) groups is 1. The van der Waals surface area contributed by atoms with Crippen LogP contribution in [0.1, 0.15) is 22.5 Å². The zero-order valence-corrected chi connectivity index (χ0v) is 13.2. The Bertz CT molecular complexity index is 902. The summed E-state index contributed by atoms with van der Waals surface area (Å²) in [6, 6.07) is 19.7. The highest BCUT2D eigenvalue weighted by Gasteiger charge is 2.21. The van der Waals surface area contributed by atoms with E-state index in [1.54, 1.807) is 0 Å². The van der Waals surface area contributed by atoms with E-state index in [4.69, 9.17) is 0 Å². The van der Waals surface area contributed by atoms with Crippen molar-refractivity contribution in [1.82, 2.24) is 10.3 Å². The van der Waals surface area contributed by atoms with E-state index in [-0.39, 0.29) is 11.9 Å². The average molecular weight is 314 g/mol. The summed E-state index contributed by atoms with van der Waals surface area (Å²) in [5.74, 6) is -0.0436. The molecule has 3 aromatic rings. The Hall–Kier alpha value is -3.07. The summed E-state index contributed by atoms with van der Waals surface area (Å²) in [6.07, 6.45) is 7.00. The van der Waals surface area contributed by atoms with Crippen molar-refractivity contribution >= 4 is 22.4 Å².